The Balaban J connectivity index is 1.02. The van der Waals surface area contributed by atoms with Crippen LogP contribution in [-0.2, 0) is 16.2 Å². The molecule has 0 N–H and O–H groups in total. The van der Waals surface area contributed by atoms with Gasteiger partial charge < -0.3 is 14.0 Å². The van der Waals surface area contributed by atoms with Gasteiger partial charge in [0.1, 0.15) is 0 Å². The van der Waals surface area contributed by atoms with E-state index >= 15 is 0 Å². The van der Waals surface area contributed by atoms with Crippen molar-refractivity contribution in [2.75, 3.05) is 4.90 Å². The Morgan fingerprint density at radius 3 is 1.26 bits per heavy atom. The molecule has 6 heteroatoms. The quantitative estimate of drug-likeness (QED) is 0.101. The molecule has 0 aliphatic carbocycles. The summed E-state index contributed by atoms with van der Waals surface area (Å²) in [5.74, 6) is -0.421. The third-order valence-electron chi connectivity index (χ3n) is 23.6. The van der Waals surface area contributed by atoms with E-state index in [1.54, 1.807) is 0 Å². The summed E-state index contributed by atoms with van der Waals surface area (Å²) in [6.07, 6.45) is 0. The fourth-order valence-electron chi connectivity index (χ4n) is 18.0. The van der Waals surface area contributed by atoms with Gasteiger partial charge in [0, 0.05) is 61.3 Å². The Bertz CT molecular complexity index is 6210. The lowest BCUT2D eigenvalue weighted by atomic mass is 9.31. The van der Waals surface area contributed by atoms with Crippen LogP contribution in [0.25, 0.3) is 127 Å². The van der Waals surface area contributed by atoms with E-state index in [1.165, 1.54) is 71.3 Å². The third-order valence-corrected chi connectivity index (χ3v) is 23.6. The van der Waals surface area contributed by atoms with Crippen LogP contribution < -0.4 is 21.3 Å². The zero-order valence-corrected chi connectivity index (χ0v) is 64.1. The molecule has 0 saturated heterocycles. The molecule has 5 nitrogen and oxygen atoms in total. The van der Waals surface area contributed by atoms with E-state index in [2.05, 4.69) is 391 Å². The number of hydrogen-bond acceptors (Lipinski definition) is 2. The van der Waals surface area contributed by atoms with Crippen molar-refractivity contribution in [1.29, 1.82) is 5.26 Å². The molecule has 111 heavy (non-hydrogen) atoms. The van der Waals surface area contributed by atoms with Gasteiger partial charge in [-0.15, -0.1) is 0 Å². The summed E-state index contributed by atoms with van der Waals surface area (Å²) in [5, 5.41) is 15.4. The number of aromatic nitrogens is 2. The lowest BCUT2D eigenvalue weighted by Gasteiger charge is -2.45. The molecule has 0 radical (unpaired) electrons. The molecule has 0 fully saturated rings. The second-order valence-electron chi connectivity index (χ2n) is 33.4. The molecule has 4 heterocycles. The number of rotatable bonds is 10. The highest BCUT2D eigenvalue weighted by Gasteiger charge is 2.47. The Morgan fingerprint density at radius 1 is 0.342 bits per heavy atom. The van der Waals surface area contributed by atoms with Crippen LogP contribution in [0.15, 0.2) is 328 Å². The average molecular weight is 1420 g/mol. The summed E-state index contributed by atoms with van der Waals surface area (Å²) >= 11 is 0. The molecule has 17 aromatic rings. The first-order valence-corrected chi connectivity index (χ1v) is 38.8. The number of nitrogens with zero attached hydrogens (tertiary/aromatic N) is 5. The maximum Gasteiger partial charge on any atom is 0.247 e. The van der Waals surface area contributed by atoms with Crippen LogP contribution in [-0.4, -0.2) is 15.8 Å². The summed E-state index contributed by atoms with van der Waals surface area (Å²) < 4.78 is 4.98. The third kappa shape index (κ3) is 11.5. The minimum atomic E-state index is -0.421. The molecule has 2 aliphatic heterocycles. The van der Waals surface area contributed by atoms with Crippen LogP contribution in [0.3, 0.4) is 0 Å². The maximum absolute atomic E-state index is 10.6. The van der Waals surface area contributed by atoms with Gasteiger partial charge in [0.15, 0.2) is 5.69 Å². The van der Waals surface area contributed by atoms with E-state index in [9.17, 15) is 5.26 Å². The molecule has 0 amide bonds. The van der Waals surface area contributed by atoms with Crippen molar-refractivity contribution in [3.63, 3.8) is 0 Å². The number of hydrogen-bond donors (Lipinski definition) is 0. The molecule has 1 unspecified atom stereocenters. The predicted octanol–water partition coefficient (Wildman–Crippen LogP) is 26.0. The number of para-hydroxylation sites is 4. The van der Waals surface area contributed by atoms with Gasteiger partial charge in [0.25, 0.3) is 0 Å². The maximum atomic E-state index is 10.6. The van der Waals surface area contributed by atoms with Gasteiger partial charge in [0.2, 0.25) is 6.71 Å². The largest absolute Gasteiger partial charge is 0.310 e. The fourth-order valence-corrected chi connectivity index (χ4v) is 18.0. The minimum absolute atomic E-state index is 0.172. The minimum Gasteiger partial charge on any atom is -0.310 e. The molecular formula is C105H82BN5. The van der Waals surface area contributed by atoms with Gasteiger partial charge in [-0.1, -0.05) is 304 Å². The van der Waals surface area contributed by atoms with Crippen LogP contribution in [0.4, 0.5) is 22.7 Å². The van der Waals surface area contributed by atoms with Gasteiger partial charge >= 0.3 is 0 Å². The standard InChI is InChI=1S/C105H82BN5/c1-103(2,3)75-33-25-31-71(55-75)86-58-73(67-27-13-11-14-28-67)57-85(69-47-49-78(108-10)50-48-69)99(86)100-89-63-79(109-93-39-21-17-35-81(93)82-36-18-22-40-94(82)109)51-53-91(89)106-92-54-52-80(110-95-41-23-19-37-83(95)84-38-20-24-42-96(84)110)64-97(92)111(98-62-77(105(7,8)9)61-90(100)101(98)106)102-87(70-45-43-66(65-107)44-46-70)59-74(68-29-15-12-16-30-68)60-88(102)72-32-26-34-76(56-72)104(4,5)6/h11-64,100H,1-9H3. The van der Waals surface area contributed by atoms with E-state index < -0.39 is 11.3 Å². The van der Waals surface area contributed by atoms with Crippen LogP contribution >= 0.6 is 0 Å². The van der Waals surface area contributed by atoms with Crippen molar-refractivity contribution in [2.45, 2.75) is 84.5 Å². The zero-order chi connectivity index (χ0) is 75.8. The van der Waals surface area contributed by atoms with Crippen molar-refractivity contribution in [2.24, 2.45) is 0 Å². The van der Waals surface area contributed by atoms with Crippen molar-refractivity contribution in [3.05, 3.63) is 378 Å². The van der Waals surface area contributed by atoms with E-state index in [4.69, 9.17) is 6.57 Å². The second-order valence-corrected chi connectivity index (χ2v) is 33.4. The second kappa shape index (κ2) is 26.3. The van der Waals surface area contributed by atoms with Crippen molar-refractivity contribution in [1.82, 2.24) is 9.13 Å². The first kappa shape index (κ1) is 68.3. The number of benzene rings is 15. The number of fused-ring (bicyclic) bond motifs is 10. The van der Waals surface area contributed by atoms with Gasteiger partial charge in [0.05, 0.1) is 46.0 Å². The summed E-state index contributed by atoms with van der Waals surface area (Å²) in [6, 6.07) is 125. The van der Waals surface area contributed by atoms with Crippen LogP contribution in [0.2, 0.25) is 0 Å². The molecule has 19 rings (SSSR count). The molecule has 1 atom stereocenters. The predicted molar refractivity (Wildman–Crippen MR) is 468 cm³/mol. The van der Waals surface area contributed by atoms with E-state index in [0.717, 1.165) is 117 Å². The van der Waals surface area contributed by atoms with Crippen molar-refractivity contribution in [3.8, 4) is 84.2 Å². The molecule has 2 aromatic heterocycles. The summed E-state index contributed by atoms with van der Waals surface area (Å²) in [5.41, 5.74) is 34.3. The first-order valence-electron chi connectivity index (χ1n) is 38.8. The van der Waals surface area contributed by atoms with Gasteiger partial charge in [-0.05, 0) is 207 Å². The zero-order valence-electron chi connectivity index (χ0n) is 64.1. The van der Waals surface area contributed by atoms with Crippen molar-refractivity contribution >= 4 is 89.5 Å². The number of anilines is 3. The Labute approximate surface area is 651 Å². The highest BCUT2D eigenvalue weighted by molar-refractivity contribution is 6.99. The van der Waals surface area contributed by atoms with Crippen LogP contribution in [0.5, 0.6) is 0 Å². The van der Waals surface area contributed by atoms with Crippen LogP contribution in [0.1, 0.15) is 107 Å². The lowest BCUT2D eigenvalue weighted by molar-refractivity contribution is 0.589. The van der Waals surface area contributed by atoms with E-state index in [0.29, 0.717) is 11.3 Å². The Hall–Kier alpha value is -13.3. The average Bonchev–Trinajstić information content (AvgIpc) is 1.11. The topological polar surface area (TPSA) is 41.2 Å². The molecule has 0 saturated carbocycles. The molecule has 2 aliphatic rings. The van der Waals surface area contributed by atoms with E-state index in [1.807, 2.05) is 24.3 Å². The Morgan fingerprint density at radius 2 is 0.766 bits per heavy atom. The SMILES string of the molecule is [C-]#[N+]c1ccc(-c2cc(-c3ccccc3)cc(-c3cccc(C(C)(C)C)c3)c2C2c3cc(-n4c5ccccc5c5ccccc54)ccc3B3c4ccc(-n5c6ccccc6c6ccccc65)cc4N(c4c(-c5ccc(C#N)cc5)cc(-c5ccccc5)cc4-c4cccc(C(C)(C)C)c4)c4cc(C(C)(C)C)cc2c43)cc1. The molecular weight excluding hydrogens is 1340 g/mol. The van der Waals surface area contributed by atoms with Crippen LogP contribution in [0, 0.1) is 17.9 Å². The summed E-state index contributed by atoms with van der Waals surface area (Å²) in [6.45, 7) is 29.1. The molecule has 530 valence electrons. The number of nitriles is 1. The van der Waals surface area contributed by atoms with Crippen molar-refractivity contribution < 1.29 is 0 Å². The molecule has 0 bridgehead atoms. The fraction of sp³-hybridized carbons (Fsp3) is 0.124. The first-order chi connectivity index (χ1) is 53.9. The monoisotopic (exact) mass is 1420 g/mol. The smallest absolute Gasteiger partial charge is 0.247 e. The molecule has 0 spiro atoms. The highest BCUT2D eigenvalue weighted by atomic mass is 15.2. The lowest BCUT2D eigenvalue weighted by Crippen LogP contribution is -2.62. The normalized spacial score (nSPS) is 13.3. The molecule has 15 aromatic carbocycles. The summed E-state index contributed by atoms with van der Waals surface area (Å²) in [4.78, 5) is 6.70. The summed E-state index contributed by atoms with van der Waals surface area (Å²) in [7, 11) is 0. The van der Waals surface area contributed by atoms with Gasteiger partial charge in [-0.2, -0.15) is 5.26 Å². The van der Waals surface area contributed by atoms with E-state index in [-0.39, 0.29) is 17.5 Å². The van der Waals surface area contributed by atoms with Gasteiger partial charge in [-0.25, -0.2) is 4.85 Å². The van der Waals surface area contributed by atoms with Gasteiger partial charge in [-0.3, -0.25) is 0 Å². The highest BCUT2D eigenvalue weighted by Crippen LogP contribution is 2.55. The Kier molecular flexibility index (Phi) is 16.2.